The van der Waals surface area contributed by atoms with Crippen molar-refractivity contribution < 1.29 is 14.5 Å². The number of carbonyl (C=O) groups excluding carboxylic acids is 1. The fourth-order valence-corrected chi connectivity index (χ4v) is 2.01. The molecule has 118 valence electrons. The summed E-state index contributed by atoms with van der Waals surface area (Å²) in [6, 6.07) is 7.48. The second-order valence-corrected chi connectivity index (χ2v) is 5.09. The summed E-state index contributed by atoms with van der Waals surface area (Å²) in [5.41, 5.74) is 3.03. The highest BCUT2D eigenvalue weighted by Gasteiger charge is 2.11. The van der Waals surface area contributed by atoms with E-state index in [1.807, 2.05) is 0 Å². The number of nitrogens with one attached hydrogen (secondary N) is 1. The van der Waals surface area contributed by atoms with Crippen molar-refractivity contribution >= 4 is 33.7 Å². The molecule has 0 radical (unpaired) electrons. The molecule has 0 unspecified atom stereocenters. The quantitative estimate of drug-likeness (QED) is 0.471. The summed E-state index contributed by atoms with van der Waals surface area (Å²) in [7, 11) is 0. The van der Waals surface area contributed by atoms with Gasteiger partial charge < -0.3 is 4.74 Å². The van der Waals surface area contributed by atoms with Gasteiger partial charge >= 0.3 is 0 Å². The monoisotopic (exact) mass is 378 g/mol. The Balaban J connectivity index is 1.85. The van der Waals surface area contributed by atoms with Crippen LogP contribution in [0.5, 0.6) is 5.75 Å². The fraction of sp³-hybridized carbons (Fsp3) is 0.0714. The number of halogens is 1. The number of ether oxygens (including phenoxy) is 1. The Morgan fingerprint density at radius 1 is 1.39 bits per heavy atom. The van der Waals surface area contributed by atoms with Gasteiger partial charge in [0.05, 0.1) is 15.6 Å². The van der Waals surface area contributed by atoms with Crippen LogP contribution in [-0.4, -0.2) is 28.6 Å². The molecular weight excluding hydrogens is 368 g/mol. The molecule has 1 N–H and O–H groups in total. The van der Waals surface area contributed by atoms with Crippen LogP contribution in [0, 0.1) is 10.1 Å². The number of hydrogen-bond donors (Lipinski definition) is 1. The molecule has 0 aliphatic rings. The lowest BCUT2D eigenvalue weighted by Crippen LogP contribution is -2.24. The first-order chi connectivity index (χ1) is 11.1. The van der Waals surface area contributed by atoms with Gasteiger partial charge in [0.1, 0.15) is 5.75 Å². The molecule has 0 aliphatic carbocycles. The molecule has 2 aromatic rings. The maximum atomic E-state index is 11.6. The molecule has 0 saturated heterocycles. The number of amides is 1. The Kier molecular flexibility index (Phi) is 5.75. The van der Waals surface area contributed by atoms with Gasteiger partial charge in [-0.05, 0) is 39.7 Å². The number of rotatable bonds is 6. The van der Waals surface area contributed by atoms with E-state index in [1.165, 1.54) is 24.4 Å². The predicted octanol–water partition coefficient (Wildman–Crippen LogP) is 2.28. The van der Waals surface area contributed by atoms with Gasteiger partial charge in [-0.15, -0.1) is 0 Å². The second-order valence-electron chi connectivity index (χ2n) is 4.23. The average molecular weight is 379 g/mol. The van der Waals surface area contributed by atoms with E-state index in [1.54, 1.807) is 24.5 Å². The minimum Gasteiger partial charge on any atom is -0.483 e. The molecule has 0 bridgehead atoms. The predicted molar refractivity (Wildman–Crippen MR) is 86.3 cm³/mol. The van der Waals surface area contributed by atoms with Crippen molar-refractivity contribution in [2.24, 2.45) is 5.10 Å². The molecule has 1 amide bonds. The van der Waals surface area contributed by atoms with Crippen molar-refractivity contribution in [2.45, 2.75) is 0 Å². The third-order valence-corrected chi connectivity index (χ3v) is 3.21. The molecule has 0 spiro atoms. The normalized spacial score (nSPS) is 10.5. The number of pyridine rings is 1. The van der Waals surface area contributed by atoms with Gasteiger partial charge in [-0.2, -0.15) is 5.10 Å². The zero-order chi connectivity index (χ0) is 16.7. The highest BCUT2D eigenvalue weighted by Crippen LogP contribution is 2.28. The third-order valence-electron chi connectivity index (χ3n) is 2.59. The fourth-order valence-electron chi connectivity index (χ4n) is 1.52. The second kappa shape index (κ2) is 7.99. The molecule has 1 heterocycles. The lowest BCUT2D eigenvalue weighted by atomic mass is 10.3. The van der Waals surface area contributed by atoms with Crippen LogP contribution in [0.25, 0.3) is 0 Å². The molecule has 0 aliphatic heterocycles. The maximum Gasteiger partial charge on any atom is 0.277 e. The van der Waals surface area contributed by atoms with Gasteiger partial charge in [0.15, 0.2) is 6.61 Å². The van der Waals surface area contributed by atoms with Crippen LogP contribution in [0.4, 0.5) is 5.69 Å². The Hall–Kier alpha value is -2.81. The third kappa shape index (κ3) is 5.15. The van der Waals surface area contributed by atoms with Crippen LogP contribution in [0.3, 0.4) is 0 Å². The van der Waals surface area contributed by atoms with Gasteiger partial charge in [0.2, 0.25) is 0 Å². The summed E-state index contributed by atoms with van der Waals surface area (Å²) >= 11 is 3.15. The Morgan fingerprint density at radius 2 is 2.13 bits per heavy atom. The summed E-state index contributed by atoms with van der Waals surface area (Å²) < 4.78 is 5.66. The van der Waals surface area contributed by atoms with Crippen LogP contribution in [0.15, 0.2) is 52.3 Å². The first-order valence-corrected chi connectivity index (χ1v) is 7.14. The van der Waals surface area contributed by atoms with Gasteiger partial charge in [0.25, 0.3) is 11.6 Å². The highest BCUT2D eigenvalue weighted by atomic mass is 79.9. The summed E-state index contributed by atoms with van der Waals surface area (Å²) in [6.45, 7) is -0.274. The molecule has 0 fully saturated rings. The Morgan fingerprint density at radius 3 is 2.78 bits per heavy atom. The van der Waals surface area contributed by atoms with E-state index in [9.17, 15) is 14.9 Å². The number of nitro groups is 1. The zero-order valence-corrected chi connectivity index (χ0v) is 13.3. The molecule has 23 heavy (non-hydrogen) atoms. The maximum absolute atomic E-state index is 11.6. The van der Waals surface area contributed by atoms with E-state index in [-0.39, 0.29) is 12.3 Å². The number of carbonyl (C=O) groups is 1. The number of benzene rings is 1. The Bertz CT molecular complexity index is 737. The van der Waals surface area contributed by atoms with E-state index in [0.29, 0.717) is 10.2 Å². The number of hydrazone groups is 1. The minimum absolute atomic E-state index is 0.0735. The van der Waals surface area contributed by atoms with Gasteiger partial charge in [-0.25, -0.2) is 5.43 Å². The summed E-state index contributed by atoms with van der Waals surface area (Å²) in [6.07, 6.45) is 4.69. The van der Waals surface area contributed by atoms with E-state index in [0.717, 1.165) is 5.56 Å². The number of nitro benzene ring substituents is 1. The molecule has 2 rings (SSSR count). The van der Waals surface area contributed by atoms with Crippen molar-refractivity contribution in [3.05, 3.63) is 62.9 Å². The topological polar surface area (TPSA) is 107 Å². The summed E-state index contributed by atoms with van der Waals surface area (Å²) in [5, 5.41) is 14.4. The first kappa shape index (κ1) is 16.6. The van der Waals surface area contributed by atoms with E-state index >= 15 is 0 Å². The molecule has 0 atom stereocenters. The smallest absolute Gasteiger partial charge is 0.277 e. The summed E-state index contributed by atoms with van der Waals surface area (Å²) in [4.78, 5) is 25.6. The lowest BCUT2D eigenvalue weighted by molar-refractivity contribution is -0.384. The van der Waals surface area contributed by atoms with E-state index in [2.05, 4.69) is 31.4 Å². The van der Waals surface area contributed by atoms with Crippen LogP contribution in [0.1, 0.15) is 5.56 Å². The number of hydrogen-bond acceptors (Lipinski definition) is 6. The molecule has 1 aromatic carbocycles. The van der Waals surface area contributed by atoms with Crippen LogP contribution < -0.4 is 10.2 Å². The lowest BCUT2D eigenvalue weighted by Gasteiger charge is -2.06. The minimum atomic E-state index is -0.519. The number of aromatic nitrogens is 1. The molecule has 0 saturated carbocycles. The van der Waals surface area contributed by atoms with Gasteiger partial charge in [-0.3, -0.25) is 19.9 Å². The summed E-state index contributed by atoms with van der Waals surface area (Å²) in [5.74, 6) is -0.135. The standard InChI is InChI=1S/C14H11BrN4O4/c15-12-7-11(19(21)22)1-2-13(12)23-9-14(20)18-17-8-10-3-5-16-6-4-10/h1-8H,9H2,(H,18,20). The number of non-ortho nitro benzene ring substituents is 1. The van der Waals surface area contributed by atoms with Crippen LogP contribution >= 0.6 is 15.9 Å². The van der Waals surface area contributed by atoms with Crippen molar-refractivity contribution in [1.29, 1.82) is 0 Å². The van der Waals surface area contributed by atoms with Crippen molar-refractivity contribution in [3.8, 4) is 5.75 Å². The molecular formula is C14H11BrN4O4. The SMILES string of the molecule is O=C(COc1ccc([N+](=O)[O-])cc1Br)NN=Cc1ccncc1. The molecule has 1 aromatic heterocycles. The van der Waals surface area contributed by atoms with Gasteiger partial charge in [-0.1, -0.05) is 0 Å². The highest BCUT2D eigenvalue weighted by molar-refractivity contribution is 9.10. The molecule has 8 nitrogen and oxygen atoms in total. The van der Waals surface area contributed by atoms with Crippen LogP contribution in [-0.2, 0) is 4.79 Å². The van der Waals surface area contributed by atoms with E-state index < -0.39 is 10.8 Å². The van der Waals surface area contributed by atoms with Gasteiger partial charge in [0, 0.05) is 24.5 Å². The van der Waals surface area contributed by atoms with Crippen molar-refractivity contribution in [3.63, 3.8) is 0 Å². The van der Waals surface area contributed by atoms with Crippen molar-refractivity contribution in [1.82, 2.24) is 10.4 Å². The number of nitrogens with zero attached hydrogens (tertiary/aromatic N) is 3. The largest absolute Gasteiger partial charge is 0.483 e. The molecule has 9 heteroatoms. The van der Waals surface area contributed by atoms with E-state index in [4.69, 9.17) is 4.74 Å². The van der Waals surface area contributed by atoms with Crippen molar-refractivity contribution in [2.75, 3.05) is 6.61 Å². The first-order valence-electron chi connectivity index (χ1n) is 6.35. The zero-order valence-electron chi connectivity index (χ0n) is 11.7. The Labute approximate surface area is 139 Å². The van der Waals surface area contributed by atoms with Crippen LogP contribution in [0.2, 0.25) is 0 Å². The average Bonchev–Trinajstić information content (AvgIpc) is 2.54.